The lowest BCUT2D eigenvalue weighted by Crippen LogP contribution is -2.27. The maximum atomic E-state index is 11.7. The molecule has 0 aromatic heterocycles. The van der Waals surface area contributed by atoms with Gasteiger partial charge in [0.05, 0.1) is 13.0 Å². The van der Waals surface area contributed by atoms with Gasteiger partial charge in [0.1, 0.15) is 5.60 Å². The normalized spacial score (nSPS) is 15.1. The van der Waals surface area contributed by atoms with Crippen LogP contribution in [0.25, 0.3) is 0 Å². The van der Waals surface area contributed by atoms with Gasteiger partial charge in [-0.25, -0.2) is 4.79 Å². The molecule has 1 aliphatic rings. The molecule has 0 atom stereocenters. The topological polar surface area (TPSA) is 75.7 Å². The van der Waals surface area contributed by atoms with Gasteiger partial charge in [-0.15, -0.1) is 0 Å². The first kappa shape index (κ1) is 16.0. The molecule has 1 fully saturated rings. The minimum Gasteiger partial charge on any atom is -0.444 e. The Kier molecular flexibility index (Phi) is 4.49. The molecule has 6 heteroatoms. The van der Waals surface area contributed by atoms with E-state index in [1.54, 1.807) is 39.0 Å². The molecule has 0 radical (unpaired) electrons. The van der Waals surface area contributed by atoms with Gasteiger partial charge in [0, 0.05) is 12.2 Å². The van der Waals surface area contributed by atoms with Crippen LogP contribution < -0.4 is 5.32 Å². The van der Waals surface area contributed by atoms with Gasteiger partial charge in [-0.2, -0.15) is 0 Å². The van der Waals surface area contributed by atoms with E-state index in [4.69, 9.17) is 4.74 Å². The zero-order valence-electron chi connectivity index (χ0n) is 13.0. The van der Waals surface area contributed by atoms with Crippen LogP contribution >= 0.6 is 0 Å². The van der Waals surface area contributed by atoms with Gasteiger partial charge in [-0.1, -0.05) is 12.1 Å². The zero-order valence-corrected chi connectivity index (χ0v) is 13.0. The van der Waals surface area contributed by atoms with Gasteiger partial charge in [0.15, 0.2) is 5.78 Å². The standard InChI is InChI=1S/C16H20N2O4/c1-16(2,3)22-15(21)17-12-6-4-5-11(7-12)9-18-10-13(19)8-14(18)20/h4-7H,8-10H2,1-3H3,(H,17,21). The predicted molar refractivity (Wildman–Crippen MR) is 81.3 cm³/mol. The number of nitrogens with zero attached hydrogens (tertiary/aromatic N) is 1. The van der Waals surface area contributed by atoms with Crippen molar-refractivity contribution in [2.45, 2.75) is 39.3 Å². The molecule has 1 N–H and O–H groups in total. The lowest BCUT2D eigenvalue weighted by atomic mass is 10.2. The number of ketones is 1. The largest absolute Gasteiger partial charge is 0.444 e. The van der Waals surface area contributed by atoms with Crippen LogP contribution in [-0.2, 0) is 20.9 Å². The molecule has 22 heavy (non-hydrogen) atoms. The van der Waals surface area contributed by atoms with Crippen LogP contribution in [0, 0.1) is 0 Å². The Morgan fingerprint density at radius 3 is 2.64 bits per heavy atom. The van der Waals surface area contributed by atoms with Crippen molar-refractivity contribution >= 4 is 23.5 Å². The molecule has 118 valence electrons. The molecule has 1 aromatic rings. The Balaban J connectivity index is 1.99. The van der Waals surface area contributed by atoms with Crippen LogP contribution in [0.4, 0.5) is 10.5 Å². The van der Waals surface area contributed by atoms with E-state index in [1.807, 2.05) is 6.07 Å². The van der Waals surface area contributed by atoms with E-state index >= 15 is 0 Å². The summed E-state index contributed by atoms with van der Waals surface area (Å²) in [4.78, 5) is 36.1. The Bertz CT molecular complexity index is 604. The summed E-state index contributed by atoms with van der Waals surface area (Å²) >= 11 is 0. The fraction of sp³-hybridized carbons (Fsp3) is 0.438. The number of carbonyl (C=O) groups is 3. The second kappa shape index (κ2) is 6.17. The fourth-order valence-electron chi connectivity index (χ4n) is 2.17. The monoisotopic (exact) mass is 304 g/mol. The summed E-state index contributed by atoms with van der Waals surface area (Å²) in [6.45, 7) is 5.88. The van der Waals surface area contributed by atoms with Gasteiger partial charge in [0.2, 0.25) is 5.91 Å². The first-order valence-corrected chi connectivity index (χ1v) is 7.11. The van der Waals surface area contributed by atoms with Crippen molar-refractivity contribution < 1.29 is 19.1 Å². The third-order valence-corrected chi connectivity index (χ3v) is 3.01. The second-order valence-electron chi connectivity index (χ2n) is 6.29. The number of hydrogen-bond acceptors (Lipinski definition) is 4. The molecule has 0 saturated carbocycles. The minimum atomic E-state index is -0.565. The highest BCUT2D eigenvalue weighted by Gasteiger charge is 2.27. The summed E-state index contributed by atoms with van der Waals surface area (Å²) in [5.74, 6) is -0.219. The van der Waals surface area contributed by atoms with Crippen molar-refractivity contribution in [3.05, 3.63) is 29.8 Å². The summed E-state index contributed by atoms with van der Waals surface area (Å²) in [5, 5.41) is 2.65. The number of ether oxygens (including phenoxy) is 1. The molecule has 6 nitrogen and oxygen atoms in total. The molecule has 1 heterocycles. The second-order valence-corrected chi connectivity index (χ2v) is 6.29. The molecular formula is C16H20N2O4. The third kappa shape index (κ3) is 4.58. The van der Waals surface area contributed by atoms with Gasteiger partial charge in [0.25, 0.3) is 0 Å². The number of amides is 2. The molecule has 0 aliphatic carbocycles. The van der Waals surface area contributed by atoms with E-state index < -0.39 is 11.7 Å². The van der Waals surface area contributed by atoms with Crippen LogP contribution in [0.1, 0.15) is 32.8 Å². The molecule has 1 aromatic carbocycles. The average Bonchev–Trinajstić information content (AvgIpc) is 2.65. The SMILES string of the molecule is CC(C)(C)OC(=O)Nc1cccc(CN2CC(=O)CC2=O)c1. The summed E-state index contributed by atoms with van der Waals surface area (Å²) in [7, 11) is 0. The first-order valence-electron chi connectivity index (χ1n) is 7.11. The molecule has 2 rings (SSSR count). The number of hydrogen-bond donors (Lipinski definition) is 1. The minimum absolute atomic E-state index is 0.0180. The number of carbonyl (C=O) groups excluding carboxylic acids is 3. The molecule has 0 bridgehead atoms. The van der Waals surface area contributed by atoms with Crippen molar-refractivity contribution in [2.24, 2.45) is 0 Å². The van der Waals surface area contributed by atoms with Crippen LogP contribution in [0.3, 0.4) is 0 Å². The van der Waals surface area contributed by atoms with Gasteiger partial charge >= 0.3 is 6.09 Å². The third-order valence-electron chi connectivity index (χ3n) is 3.01. The van der Waals surface area contributed by atoms with Crippen molar-refractivity contribution in [1.82, 2.24) is 4.90 Å². The van der Waals surface area contributed by atoms with E-state index in [-0.39, 0.29) is 24.7 Å². The molecule has 2 amide bonds. The van der Waals surface area contributed by atoms with Gasteiger partial charge in [-0.3, -0.25) is 14.9 Å². The molecule has 1 aliphatic heterocycles. The maximum Gasteiger partial charge on any atom is 0.412 e. The number of benzene rings is 1. The lowest BCUT2D eigenvalue weighted by molar-refractivity contribution is -0.128. The van der Waals surface area contributed by atoms with Crippen LogP contribution in [0.5, 0.6) is 0 Å². The quantitative estimate of drug-likeness (QED) is 0.870. The molecule has 0 unspecified atom stereocenters. The van der Waals surface area contributed by atoms with E-state index in [2.05, 4.69) is 5.32 Å². The Hall–Kier alpha value is -2.37. The van der Waals surface area contributed by atoms with Crippen molar-refractivity contribution in [1.29, 1.82) is 0 Å². The van der Waals surface area contributed by atoms with Gasteiger partial charge < -0.3 is 9.64 Å². The van der Waals surface area contributed by atoms with Crippen molar-refractivity contribution in [3.8, 4) is 0 Å². The summed E-state index contributed by atoms with van der Waals surface area (Å²) in [6.07, 6.45) is -0.548. The lowest BCUT2D eigenvalue weighted by Gasteiger charge is -2.20. The molecule has 1 saturated heterocycles. The molecular weight excluding hydrogens is 284 g/mol. The summed E-state index contributed by atoms with van der Waals surface area (Å²) in [6, 6.07) is 7.13. The first-order chi connectivity index (χ1) is 10.2. The average molecular weight is 304 g/mol. The Morgan fingerprint density at radius 1 is 1.32 bits per heavy atom. The number of nitrogens with one attached hydrogen (secondary N) is 1. The zero-order chi connectivity index (χ0) is 16.3. The highest BCUT2D eigenvalue weighted by atomic mass is 16.6. The van der Waals surface area contributed by atoms with Crippen LogP contribution in [0.15, 0.2) is 24.3 Å². The van der Waals surface area contributed by atoms with E-state index in [0.717, 1.165) is 5.56 Å². The highest BCUT2D eigenvalue weighted by molar-refractivity contribution is 6.05. The van der Waals surface area contributed by atoms with Gasteiger partial charge in [-0.05, 0) is 38.5 Å². The summed E-state index contributed by atoms with van der Waals surface area (Å²) in [5.41, 5.74) is 0.866. The van der Waals surface area contributed by atoms with E-state index in [9.17, 15) is 14.4 Å². The van der Waals surface area contributed by atoms with Crippen molar-refractivity contribution in [2.75, 3.05) is 11.9 Å². The highest BCUT2D eigenvalue weighted by Crippen LogP contribution is 2.17. The Labute approximate surface area is 129 Å². The van der Waals surface area contributed by atoms with Crippen molar-refractivity contribution in [3.63, 3.8) is 0 Å². The molecule has 0 spiro atoms. The van der Waals surface area contributed by atoms with E-state index in [0.29, 0.717) is 12.2 Å². The van der Waals surface area contributed by atoms with E-state index in [1.165, 1.54) is 4.90 Å². The summed E-state index contributed by atoms with van der Waals surface area (Å²) < 4.78 is 5.19. The number of Topliss-reactive ketones (excluding diaryl/α,β-unsaturated/α-hetero) is 1. The van der Waals surface area contributed by atoms with Crippen LogP contribution in [-0.4, -0.2) is 34.8 Å². The van der Waals surface area contributed by atoms with Crippen LogP contribution in [0.2, 0.25) is 0 Å². The number of likely N-dealkylation sites (tertiary alicyclic amines) is 1. The Morgan fingerprint density at radius 2 is 2.05 bits per heavy atom. The predicted octanol–water partition coefficient (Wildman–Crippen LogP) is 2.33. The number of anilines is 1. The maximum absolute atomic E-state index is 11.7. The number of rotatable bonds is 3. The fourth-order valence-corrected chi connectivity index (χ4v) is 2.17. The smallest absolute Gasteiger partial charge is 0.412 e.